The van der Waals surface area contributed by atoms with Crippen molar-refractivity contribution in [2.45, 2.75) is 12.1 Å². The molecule has 9 heteroatoms. The van der Waals surface area contributed by atoms with Gasteiger partial charge in [0, 0.05) is 9.85 Å². The van der Waals surface area contributed by atoms with E-state index < -0.39 is 27.7 Å². The van der Waals surface area contributed by atoms with Gasteiger partial charge in [-0.1, -0.05) is 0 Å². The molecule has 0 N–H and O–H groups in total. The van der Waals surface area contributed by atoms with Gasteiger partial charge in [-0.15, -0.1) is 0 Å². The number of hydrogen-bond acceptors (Lipinski definition) is 7. The molecule has 0 aromatic heterocycles. The smallest absolute Gasteiger partial charge is 0.281 e. The Hall–Kier alpha value is -2.55. The van der Waals surface area contributed by atoms with Crippen molar-refractivity contribution >= 4 is 5.78 Å². The third-order valence-electron chi connectivity index (χ3n) is 1.21. The molecule has 0 spiro atoms. The van der Waals surface area contributed by atoms with Crippen LogP contribution >= 0.6 is 0 Å². The molecule has 2 unspecified atom stereocenters. The molecular weight excluding hydrogens is 196 g/mol. The van der Waals surface area contributed by atoms with Crippen molar-refractivity contribution < 1.29 is 14.6 Å². The maximum absolute atomic E-state index is 10.9. The third-order valence-corrected chi connectivity index (χ3v) is 1.21. The molecule has 0 aliphatic rings. The van der Waals surface area contributed by atoms with E-state index in [-0.39, 0.29) is 0 Å². The van der Waals surface area contributed by atoms with E-state index in [1.807, 2.05) is 0 Å². The first-order valence-electron chi connectivity index (χ1n) is 3.05. The zero-order valence-electron chi connectivity index (χ0n) is 6.48. The average Bonchev–Trinajstić information content (AvgIpc) is 2.04. The van der Waals surface area contributed by atoms with E-state index in [9.17, 15) is 25.0 Å². The molecule has 0 rings (SSSR count). The first-order chi connectivity index (χ1) is 6.45. The highest BCUT2D eigenvalue weighted by Crippen LogP contribution is 1.99. The Morgan fingerprint density at radius 1 is 1.07 bits per heavy atom. The molecule has 9 nitrogen and oxygen atoms in total. The molecule has 72 valence electrons. The van der Waals surface area contributed by atoms with Crippen molar-refractivity contribution in [3.05, 3.63) is 20.2 Å². The Morgan fingerprint density at radius 3 is 1.50 bits per heavy atom. The summed E-state index contributed by atoms with van der Waals surface area (Å²) in [7, 11) is 0. The van der Waals surface area contributed by atoms with Crippen LogP contribution in [0.2, 0.25) is 0 Å². The summed E-state index contributed by atoms with van der Waals surface area (Å²) in [4.78, 5) is 28.4. The van der Waals surface area contributed by atoms with Gasteiger partial charge in [0.1, 0.15) is 0 Å². The second-order valence-corrected chi connectivity index (χ2v) is 2.04. The molecule has 0 saturated heterocycles. The monoisotopic (exact) mass is 198 g/mol. The minimum atomic E-state index is -2.37. The Balaban J connectivity index is 4.95. The minimum Gasteiger partial charge on any atom is -0.281 e. The maximum Gasteiger partial charge on any atom is 0.362 e. The van der Waals surface area contributed by atoms with E-state index in [1.54, 1.807) is 0 Å². The topological polar surface area (TPSA) is 151 Å². The molecule has 0 bridgehead atoms. The molecule has 0 aromatic rings. The number of nitro groups is 2. The van der Waals surface area contributed by atoms with Crippen LogP contribution in [0.5, 0.6) is 0 Å². The fourth-order valence-electron chi connectivity index (χ4n) is 0.579. The number of carbonyl (C=O) groups excluding carboxylic acids is 1. The van der Waals surface area contributed by atoms with Crippen LogP contribution in [0.4, 0.5) is 0 Å². The standard InChI is InChI=1S/C5H2N4O5/c6-1-3(8(11)12)5(10)4(2-7)9(13)14/h3-4H. The highest BCUT2D eigenvalue weighted by molar-refractivity contribution is 5.91. The van der Waals surface area contributed by atoms with Gasteiger partial charge in [0.2, 0.25) is 0 Å². The summed E-state index contributed by atoms with van der Waals surface area (Å²) in [6.45, 7) is 0. The largest absolute Gasteiger partial charge is 0.362 e. The van der Waals surface area contributed by atoms with Crippen molar-refractivity contribution in [1.82, 2.24) is 0 Å². The molecule has 0 heterocycles. The van der Waals surface area contributed by atoms with Gasteiger partial charge in [0.25, 0.3) is 0 Å². The summed E-state index contributed by atoms with van der Waals surface area (Å²) in [5.41, 5.74) is 0. The zero-order valence-corrected chi connectivity index (χ0v) is 6.48. The van der Waals surface area contributed by atoms with Gasteiger partial charge in [0.15, 0.2) is 12.1 Å². The maximum atomic E-state index is 10.9. The number of nitriles is 2. The predicted molar refractivity (Wildman–Crippen MR) is 37.8 cm³/mol. The van der Waals surface area contributed by atoms with Crippen LogP contribution in [0, 0.1) is 42.9 Å². The van der Waals surface area contributed by atoms with Crippen LogP contribution in [0.15, 0.2) is 0 Å². The second-order valence-electron chi connectivity index (χ2n) is 2.04. The first-order valence-corrected chi connectivity index (χ1v) is 3.05. The SMILES string of the molecule is N#CC(C(=O)C(C#N)[N+](=O)[O-])[N+](=O)[O-]. The number of hydrogen-bond donors (Lipinski definition) is 0. The molecular formula is C5H2N4O5. The van der Waals surface area contributed by atoms with Gasteiger partial charge in [-0.25, -0.2) is 0 Å². The zero-order chi connectivity index (χ0) is 11.3. The highest BCUT2D eigenvalue weighted by Gasteiger charge is 2.43. The van der Waals surface area contributed by atoms with Crippen LogP contribution in [0.25, 0.3) is 0 Å². The summed E-state index contributed by atoms with van der Waals surface area (Å²) >= 11 is 0. The normalized spacial score (nSPS) is 13.0. The fraction of sp³-hybridized carbons (Fsp3) is 0.400. The Labute approximate surface area is 76.5 Å². The van der Waals surface area contributed by atoms with Gasteiger partial charge >= 0.3 is 17.9 Å². The van der Waals surface area contributed by atoms with Gasteiger partial charge in [-0.3, -0.25) is 25.0 Å². The number of carbonyl (C=O) groups is 1. The number of Topliss-reactive ketones (excluding diaryl/α,β-unsaturated/α-hetero) is 1. The quantitative estimate of drug-likeness (QED) is 0.410. The van der Waals surface area contributed by atoms with E-state index in [1.165, 1.54) is 0 Å². The van der Waals surface area contributed by atoms with Crippen molar-refractivity contribution in [3.8, 4) is 12.1 Å². The predicted octanol–water partition coefficient (Wildman–Crippen LogP) is -1.11. The molecule has 0 amide bonds. The Bertz CT molecular complexity index is 329. The summed E-state index contributed by atoms with van der Waals surface area (Å²) in [5.74, 6) is -1.63. The van der Waals surface area contributed by atoms with E-state index in [0.717, 1.165) is 12.1 Å². The molecule has 0 fully saturated rings. The van der Waals surface area contributed by atoms with Crippen LogP contribution in [0.1, 0.15) is 0 Å². The third kappa shape index (κ3) is 2.22. The fourth-order valence-corrected chi connectivity index (χ4v) is 0.579. The molecule has 0 aliphatic carbocycles. The summed E-state index contributed by atoms with van der Waals surface area (Å²) in [6, 6.07) is -2.81. The van der Waals surface area contributed by atoms with Gasteiger partial charge in [0.05, 0.1) is 0 Å². The van der Waals surface area contributed by atoms with Crippen LogP contribution in [-0.2, 0) is 4.79 Å². The highest BCUT2D eigenvalue weighted by atomic mass is 16.6. The van der Waals surface area contributed by atoms with Crippen molar-refractivity contribution in [1.29, 1.82) is 10.5 Å². The van der Waals surface area contributed by atoms with Gasteiger partial charge in [-0.05, 0) is 0 Å². The first kappa shape index (κ1) is 11.4. The summed E-state index contributed by atoms with van der Waals surface area (Å²) in [6.07, 6.45) is 0. The van der Waals surface area contributed by atoms with E-state index in [4.69, 9.17) is 10.5 Å². The Kier molecular flexibility index (Phi) is 3.66. The molecule has 0 saturated carbocycles. The molecule has 0 aliphatic heterocycles. The molecule has 0 radical (unpaired) electrons. The number of ketones is 1. The van der Waals surface area contributed by atoms with Crippen LogP contribution in [0.3, 0.4) is 0 Å². The molecule has 2 atom stereocenters. The lowest BCUT2D eigenvalue weighted by molar-refractivity contribution is -0.514. The van der Waals surface area contributed by atoms with E-state index >= 15 is 0 Å². The average molecular weight is 198 g/mol. The van der Waals surface area contributed by atoms with Crippen molar-refractivity contribution in [2.75, 3.05) is 0 Å². The Morgan fingerprint density at radius 2 is 1.36 bits per heavy atom. The summed E-state index contributed by atoms with van der Waals surface area (Å²) < 4.78 is 0. The number of nitrogens with zero attached hydrogens (tertiary/aromatic N) is 4. The molecule has 14 heavy (non-hydrogen) atoms. The van der Waals surface area contributed by atoms with Crippen LogP contribution < -0.4 is 0 Å². The van der Waals surface area contributed by atoms with Crippen LogP contribution in [-0.4, -0.2) is 27.7 Å². The van der Waals surface area contributed by atoms with Gasteiger partial charge in [-0.2, -0.15) is 10.5 Å². The second kappa shape index (κ2) is 4.47. The lowest BCUT2D eigenvalue weighted by atomic mass is 10.1. The van der Waals surface area contributed by atoms with Crippen molar-refractivity contribution in [2.24, 2.45) is 0 Å². The lowest BCUT2D eigenvalue weighted by Gasteiger charge is -1.99. The van der Waals surface area contributed by atoms with Crippen molar-refractivity contribution in [3.63, 3.8) is 0 Å². The van der Waals surface area contributed by atoms with Gasteiger partial charge < -0.3 is 0 Å². The number of rotatable bonds is 4. The summed E-state index contributed by atoms with van der Waals surface area (Å²) in [5, 5.41) is 36.4. The lowest BCUT2D eigenvalue weighted by Crippen LogP contribution is -2.40. The minimum absolute atomic E-state index is 0.967. The van der Waals surface area contributed by atoms with E-state index in [2.05, 4.69) is 0 Å². The molecule has 0 aromatic carbocycles. The van der Waals surface area contributed by atoms with E-state index in [0.29, 0.717) is 0 Å².